The van der Waals surface area contributed by atoms with E-state index in [2.05, 4.69) is 15.2 Å². The highest BCUT2D eigenvalue weighted by Gasteiger charge is 1.96. The summed E-state index contributed by atoms with van der Waals surface area (Å²) < 4.78 is 0. The summed E-state index contributed by atoms with van der Waals surface area (Å²) in [7, 11) is 0. The molecule has 0 amide bonds. The van der Waals surface area contributed by atoms with Crippen molar-refractivity contribution in [3.05, 3.63) is 46.8 Å². The number of phenols is 1. The molecular formula is C11H9N3O3. The van der Waals surface area contributed by atoms with Crippen molar-refractivity contribution in [2.24, 2.45) is 10.2 Å². The summed E-state index contributed by atoms with van der Waals surface area (Å²) in [5, 5.41) is 25.8. The number of hydrogen-bond acceptors (Lipinski definition) is 5. The van der Waals surface area contributed by atoms with Gasteiger partial charge in [0, 0.05) is 12.1 Å². The molecule has 0 aliphatic rings. The molecule has 86 valence electrons. The first-order chi connectivity index (χ1) is 8.13. The number of aromatic hydroxyl groups is 2. The van der Waals surface area contributed by atoms with Crippen LogP contribution in [0.3, 0.4) is 0 Å². The average molecular weight is 231 g/mol. The fourth-order valence-corrected chi connectivity index (χ4v) is 1.21. The van der Waals surface area contributed by atoms with Crippen LogP contribution < -0.4 is 5.56 Å². The molecule has 2 rings (SSSR count). The number of pyridine rings is 1. The molecule has 3 N–H and O–H groups in total. The van der Waals surface area contributed by atoms with Gasteiger partial charge in [0.05, 0.1) is 11.4 Å². The first kappa shape index (κ1) is 10.9. The first-order valence-electron chi connectivity index (χ1n) is 4.77. The van der Waals surface area contributed by atoms with Gasteiger partial charge < -0.3 is 10.2 Å². The van der Waals surface area contributed by atoms with Crippen LogP contribution in [0.15, 0.2) is 51.4 Å². The molecule has 1 aromatic carbocycles. The molecule has 6 nitrogen and oxygen atoms in total. The van der Waals surface area contributed by atoms with E-state index < -0.39 is 5.56 Å². The van der Waals surface area contributed by atoms with Gasteiger partial charge in [-0.2, -0.15) is 10.2 Å². The van der Waals surface area contributed by atoms with Crippen LogP contribution in [0.25, 0.3) is 0 Å². The molecular weight excluding hydrogens is 222 g/mol. The molecule has 1 aromatic heterocycles. The van der Waals surface area contributed by atoms with E-state index in [1.807, 2.05) is 0 Å². The number of azo groups is 1. The van der Waals surface area contributed by atoms with Gasteiger partial charge in [-0.05, 0) is 24.3 Å². The Kier molecular flexibility index (Phi) is 2.87. The lowest BCUT2D eigenvalue weighted by Gasteiger charge is -1.94. The Morgan fingerprint density at radius 2 is 1.59 bits per heavy atom. The molecule has 0 bridgehead atoms. The van der Waals surface area contributed by atoms with Gasteiger partial charge in [-0.15, -0.1) is 0 Å². The largest absolute Gasteiger partial charge is 0.508 e. The van der Waals surface area contributed by atoms with Crippen LogP contribution in [0.5, 0.6) is 11.6 Å². The highest BCUT2D eigenvalue weighted by molar-refractivity contribution is 5.42. The standard InChI is InChI=1S/C11H9N3O3/c15-9-3-1-7(2-4-9)13-14-8-5-10(16)12-11(17)6-8/h1-6,15H,(H2,12,16,17). The Morgan fingerprint density at radius 3 is 2.24 bits per heavy atom. The summed E-state index contributed by atoms with van der Waals surface area (Å²) in [5.41, 5.74) is 0.326. The van der Waals surface area contributed by atoms with Gasteiger partial charge in [-0.25, -0.2) is 0 Å². The quantitative estimate of drug-likeness (QED) is 0.691. The molecule has 1 heterocycles. The summed E-state index contributed by atoms with van der Waals surface area (Å²) in [4.78, 5) is 13.2. The van der Waals surface area contributed by atoms with Crippen molar-refractivity contribution >= 4 is 11.4 Å². The van der Waals surface area contributed by atoms with Crippen LogP contribution in [0.1, 0.15) is 0 Å². The summed E-state index contributed by atoms with van der Waals surface area (Å²) in [6.45, 7) is 0. The molecule has 0 atom stereocenters. The third-order valence-electron chi connectivity index (χ3n) is 1.95. The number of phenolic OH excluding ortho intramolecular Hbond substituents is 1. The van der Waals surface area contributed by atoms with Crippen molar-refractivity contribution < 1.29 is 10.2 Å². The molecule has 0 aliphatic carbocycles. The Bertz CT molecular complexity index is 602. The summed E-state index contributed by atoms with van der Waals surface area (Å²) in [6, 6.07) is 8.60. The highest BCUT2D eigenvalue weighted by Crippen LogP contribution is 2.20. The Balaban J connectivity index is 2.25. The van der Waals surface area contributed by atoms with Crippen LogP contribution in [-0.2, 0) is 0 Å². The number of aromatic amines is 1. The summed E-state index contributed by atoms with van der Waals surface area (Å²) in [6.07, 6.45) is 0. The average Bonchev–Trinajstić information content (AvgIpc) is 2.27. The summed E-state index contributed by atoms with van der Waals surface area (Å²) in [5.74, 6) is -0.130. The van der Waals surface area contributed by atoms with Crippen LogP contribution in [0, 0.1) is 0 Å². The number of H-pyrrole nitrogens is 1. The molecule has 0 spiro atoms. The predicted molar refractivity (Wildman–Crippen MR) is 61.0 cm³/mol. The lowest BCUT2D eigenvalue weighted by molar-refractivity contribution is 0.452. The highest BCUT2D eigenvalue weighted by atomic mass is 16.3. The molecule has 0 saturated heterocycles. The normalized spacial score (nSPS) is 10.8. The number of benzene rings is 1. The number of nitrogens with zero attached hydrogens (tertiary/aromatic N) is 2. The van der Waals surface area contributed by atoms with Crippen LogP contribution in [0.2, 0.25) is 0 Å². The van der Waals surface area contributed by atoms with Crippen molar-refractivity contribution in [1.82, 2.24) is 4.98 Å². The number of rotatable bonds is 2. The minimum atomic E-state index is -0.454. The lowest BCUT2D eigenvalue weighted by Crippen LogP contribution is -2.01. The molecule has 2 aromatic rings. The van der Waals surface area contributed by atoms with E-state index in [9.17, 15) is 4.79 Å². The smallest absolute Gasteiger partial charge is 0.252 e. The Labute approximate surface area is 95.9 Å². The van der Waals surface area contributed by atoms with Gasteiger partial charge in [0.2, 0.25) is 0 Å². The Hall–Kier alpha value is -2.63. The van der Waals surface area contributed by atoms with Gasteiger partial charge in [0.15, 0.2) is 5.88 Å². The van der Waals surface area contributed by atoms with E-state index in [4.69, 9.17) is 10.2 Å². The summed E-state index contributed by atoms with van der Waals surface area (Å²) >= 11 is 0. The zero-order valence-corrected chi connectivity index (χ0v) is 8.66. The fraction of sp³-hybridized carbons (Fsp3) is 0. The Morgan fingerprint density at radius 1 is 0.941 bits per heavy atom. The number of nitrogens with one attached hydrogen (secondary N) is 1. The van der Waals surface area contributed by atoms with Crippen molar-refractivity contribution in [2.45, 2.75) is 0 Å². The fourth-order valence-electron chi connectivity index (χ4n) is 1.21. The molecule has 17 heavy (non-hydrogen) atoms. The zero-order valence-electron chi connectivity index (χ0n) is 8.66. The molecule has 0 radical (unpaired) electrons. The van der Waals surface area contributed by atoms with E-state index >= 15 is 0 Å². The van der Waals surface area contributed by atoms with Crippen molar-refractivity contribution in [3.63, 3.8) is 0 Å². The van der Waals surface area contributed by atoms with E-state index in [1.54, 1.807) is 12.1 Å². The van der Waals surface area contributed by atoms with Crippen LogP contribution in [-0.4, -0.2) is 15.2 Å². The topological polar surface area (TPSA) is 98.0 Å². The van der Waals surface area contributed by atoms with Crippen molar-refractivity contribution in [1.29, 1.82) is 0 Å². The third-order valence-corrected chi connectivity index (χ3v) is 1.95. The van der Waals surface area contributed by atoms with E-state index in [0.717, 1.165) is 0 Å². The molecule has 0 saturated carbocycles. The monoisotopic (exact) mass is 231 g/mol. The number of aromatic nitrogens is 1. The van der Waals surface area contributed by atoms with Crippen LogP contribution in [0.4, 0.5) is 11.4 Å². The maximum Gasteiger partial charge on any atom is 0.252 e. The SMILES string of the molecule is O=c1cc(N=Nc2ccc(O)cc2)cc(O)[nH]1. The van der Waals surface area contributed by atoms with Crippen LogP contribution >= 0.6 is 0 Å². The van der Waals surface area contributed by atoms with Gasteiger partial charge in [-0.1, -0.05) is 0 Å². The maximum atomic E-state index is 11.0. The zero-order chi connectivity index (χ0) is 12.3. The van der Waals surface area contributed by atoms with Gasteiger partial charge >= 0.3 is 0 Å². The first-order valence-corrected chi connectivity index (χ1v) is 4.77. The van der Waals surface area contributed by atoms with Gasteiger partial charge in [0.1, 0.15) is 5.75 Å². The minimum absolute atomic E-state index is 0.137. The minimum Gasteiger partial charge on any atom is -0.508 e. The van der Waals surface area contributed by atoms with E-state index in [1.165, 1.54) is 24.3 Å². The van der Waals surface area contributed by atoms with Gasteiger partial charge in [0.25, 0.3) is 5.56 Å². The second-order valence-corrected chi connectivity index (χ2v) is 3.30. The third kappa shape index (κ3) is 2.91. The lowest BCUT2D eigenvalue weighted by atomic mass is 10.3. The maximum absolute atomic E-state index is 11.0. The number of hydrogen-bond donors (Lipinski definition) is 3. The second kappa shape index (κ2) is 4.48. The van der Waals surface area contributed by atoms with E-state index in [-0.39, 0.29) is 17.3 Å². The second-order valence-electron chi connectivity index (χ2n) is 3.30. The van der Waals surface area contributed by atoms with Gasteiger partial charge in [-0.3, -0.25) is 9.78 Å². The molecule has 0 unspecified atom stereocenters. The van der Waals surface area contributed by atoms with E-state index in [0.29, 0.717) is 5.69 Å². The predicted octanol–water partition coefficient (Wildman–Crippen LogP) is 2.20. The van der Waals surface area contributed by atoms with Crippen molar-refractivity contribution in [2.75, 3.05) is 0 Å². The van der Waals surface area contributed by atoms with Crippen molar-refractivity contribution in [3.8, 4) is 11.6 Å². The molecule has 0 aliphatic heterocycles. The molecule has 6 heteroatoms. The molecule has 0 fully saturated rings.